The molecule has 2 aromatic rings. The average molecular weight is 296 g/mol. The number of hydrogen-bond acceptors (Lipinski definition) is 5. The van der Waals surface area contributed by atoms with Crippen molar-refractivity contribution in [2.75, 3.05) is 5.43 Å². The normalized spacial score (nSPS) is 11.3. The van der Waals surface area contributed by atoms with E-state index in [2.05, 4.69) is 15.1 Å². The van der Waals surface area contributed by atoms with E-state index in [1.165, 1.54) is 30.5 Å². The number of hydrogen-bond donors (Lipinski definition) is 3. The second-order valence-corrected chi connectivity index (χ2v) is 5.64. The van der Waals surface area contributed by atoms with Crippen LogP contribution in [-0.4, -0.2) is 13.4 Å². The molecule has 1 aromatic heterocycles. The van der Waals surface area contributed by atoms with Gasteiger partial charge in [-0.25, -0.2) is 22.5 Å². The highest BCUT2D eigenvalue weighted by molar-refractivity contribution is 7.89. The van der Waals surface area contributed by atoms with Gasteiger partial charge in [-0.15, -0.1) is 0 Å². The van der Waals surface area contributed by atoms with Crippen molar-refractivity contribution in [3.05, 3.63) is 54.0 Å². The van der Waals surface area contributed by atoms with Crippen molar-refractivity contribution in [2.45, 2.75) is 11.6 Å². The van der Waals surface area contributed by atoms with E-state index in [-0.39, 0.29) is 17.3 Å². The van der Waals surface area contributed by atoms with Gasteiger partial charge in [-0.3, -0.25) is 5.84 Å². The summed E-state index contributed by atoms with van der Waals surface area (Å²) in [6, 6.07) is 8.71. The molecule has 0 amide bonds. The molecule has 0 aliphatic rings. The van der Waals surface area contributed by atoms with Crippen LogP contribution in [0.5, 0.6) is 0 Å². The van der Waals surface area contributed by atoms with E-state index in [0.717, 1.165) is 0 Å². The van der Waals surface area contributed by atoms with Gasteiger partial charge in [-0.2, -0.15) is 0 Å². The van der Waals surface area contributed by atoms with E-state index < -0.39 is 15.8 Å². The number of halogens is 1. The van der Waals surface area contributed by atoms with Crippen LogP contribution in [0.25, 0.3) is 0 Å². The lowest BCUT2D eigenvalue weighted by Crippen LogP contribution is -2.26. The fraction of sp³-hybridized carbons (Fsp3) is 0.0833. The van der Waals surface area contributed by atoms with Crippen molar-refractivity contribution >= 4 is 15.7 Å². The van der Waals surface area contributed by atoms with Gasteiger partial charge in [0.1, 0.15) is 5.82 Å². The maximum atomic E-state index is 13.0. The minimum absolute atomic E-state index is 0.0410. The number of sulfonamides is 1. The maximum absolute atomic E-state index is 13.0. The predicted molar refractivity (Wildman–Crippen MR) is 72.5 cm³/mol. The zero-order valence-corrected chi connectivity index (χ0v) is 11.2. The first-order valence-corrected chi connectivity index (χ1v) is 7.17. The van der Waals surface area contributed by atoms with Gasteiger partial charge in [0.2, 0.25) is 0 Å². The standard InChI is InChI=1S/C12H13FN4O2S/c13-10-4-1-3-9(7-10)8-16-20(18,19)12-11(17-14)5-2-6-15-12/h1-7,16-17H,8,14H2. The SMILES string of the molecule is NNc1cccnc1S(=O)(=O)NCc1cccc(F)c1. The van der Waals surface area contributed by atoms with Gasteiger partial charge >= 0.3 is 0 Å². The Morgan fingerprint density at radius 1 is 1.25 bits per heavy atom. The molecule has 1 heterocycles. The third-order valence-electron chi connectivity index (χ3n) is 2.54. The van der Waals surface area contributed by atoms with Gasteiger partial charge in [-0.1, -0.05) is 12.1 Å². The Morgan fingerprint density at radius 2 is 2.05 bits per heavy atom. The Bertz CT molecular complexity index is 706. The summed E-state index contributed by atoms with van der Waals surface area (Å²) in [7, 11) is -3.84. The molecule has 0 saturated heterocycles. The molecule has 0 saturated carbocycles. The highest BCUT2D eigenvalue weighted by Crippen LogP contribution is 2.16. The number of anilines is 1. The monoisotopic (exact) mass is 296 g/mol. The zero-order chi connectivity index (χ0) is 14.6. The van der Waals surface area contributed by atoms with Crippen molar-refractivity contribution in [2.24, 2.45) is 5.84 Å². The molecule has 0 aliphatic carbocycles. The van der Waals surface area contributed by atoms with Crippen LogP contribution in [0.4, 0.5) is 10.1 Å². The summed E-state index contributed by atoms with van der Waals surface area (Å²) in [5.74, 6) is 4.82. The van der Waals surface area contributed by atoms with E-state index >= 15 is 0 Å². The second kappa shape index (κ2) is 5.95. The van der Waals surface area contributed by atoms with Gasteiger partial charge in [-0.05, 0) is 29.8 Å². The number of pyridine rings is 1. The van der Waals surface area contributed by atoms with Crippen LogP contribution in [0.2, 0.25) is 0 Å². The first-order valence-electron chi connectivity index (χ1n) is 5.68. The lowest BCUT2D eigenvalue weighted by molar-refractivity contribution is 0.577. The largest absolute Gasteiger partial charge is 0.321 e. The van der Waals surface area contributed by atoms with Crippen LogP contribution in [0.1, 0.15) is 5.56 Å². The Labute approximate surface area is 115 Å². The van der Waals surface area contributed by atoms with E-state index in [9.17, 15) is 12.8 Å². The summed E-state index contributed by atoms with van der Waals surface area (Å²) in [6.45, 7) is -0.0410. The Balaban J connectivity index is 2.19. The Morgan fingerprint density at radius 3 is 2.75 bits per heavy atom. The minimum Gasteiger partial charge on any atom is -0.321 e. The molecule has 0 unspecified atom stereocenters. The van der Waals surface area contributed by atoms with Crippen molar-refractivity contribution in [1.29, 1.82) is 0 Å². The third kappa shape index (κ3) is 3.29. The molecule has 0 atom stereocenters. The summed E-state index contributed by atoms with van der Waals surface area (Å²) >= 11 is 0. The van der Waals surface area contributed by atoms with Gasteiger partial charge in [0.05, 0.1) is 5.69 Å². The first-order chi connectivity index (χ1) is 9.53. The smallest absolute Gasteiger partial charge is 0.260 e. The van der Waals surface area contributed by atoms with E-state index in [0.29, 0.717) is 5.56 Å². The summed E-state index contributed by atoms with van der Waals surface area (Å²) < 4.78 is 39.6. The summed E-state index contributed by atoms with van der Waals surface area (Å²) in [5, 5.41) is -0.209. The van der Waals surface area contributed by atoms with Crippen LogP contribution in [-0.2, 0) is 16.6 Å². The number of aromatic nitrogens is 1. The number of nitrogen functional groups attached to an aromatic ring is 1. The zero-order valence-electron chi connectivity index (χ0n) is 10.4. The molecule has 0 aliphatic heterocycles. The highest BCUT2D eigenvalue weighted by atomic mass is 32.2. The number of nitrogens with zero attached hydrogens (tertiary/aromatic N) is 1. The van der Waals surface area contributed by atoms with Gasteiger partial charge in [0.25, 0.3) is 10.0 Å². The van der Waals surface area contributed by atoms with Crippen LogP contribution in [0.15, 0.2) is 47.6 Å². The quantitative estimate of drug-likeness (QED) is 0.564. The number of nitrogens with one attached hydrogen (secondary N) is 2. The molecule has 4 N–H and O–H groups in total. The fourth-order valence-electron chi connectivity index (χ4n) is 1.61. The molecule has 0 spiro atoms. The van der Waals surface area contributed by atoms with E-state index in [1.54, 1.807) is 12.1 Å². The first kappa shape index (κ1) is 14.4. The van der Waals surface area contributed by atoms with Gasteiger partial charge < -0.3 is 5.43 Å². The highest BCUT2D eigenvalue weighted by Gasteiger charge is 2.19. The van der Waals surface area contributed by atoms with Crippen molar-refractivity contribution in [3.63, 3.8) is 0 Å². The lowest BCUT2D eigenvalue weighted by Gasteiger charge is -2.09. The molecule has 2 rings (SSSR count). The predicted octanol–water partition coefficient (Wildman–Crippen LogP) is 0.985. The third-order valence-corrected chi connectivity index (χ3v) is 3.90. The molecule has 6 nitrogen and oxygen atoms in total. The fourth-order valence-corrected chi connectivity index (χ4v) is 2.72. The number of nitrogens with two attached hydrogens (primary N) is 1. The molecule has 0 bridgehead atoms. The molecular weight excluding hydrogens is 283 g/mol. The molecule has 20 heavy (non-hydrogen) atoms. The Hall–Kier alpha value is -2.03. The summed E-state index contributed by atoms with van der Waals surface area (Å²) in [5.41, 5.74) is 2.95. The van der Waals surface area contributed by atoms with Crippen LogP contribution < -0.4 is 16.0 Å². The molecule has 0 radical (unpaired) electrons. The van der Waals surface area contributed by atoms with Crippen molar-refractivity contribution < 1.29 is 12.8 Å². The van der Waals surface area contributed by atoms with E-state index in [1.807, 2.05) is 0 Å². The number of hydrazine groups is 1. The van der Waals surface area contributed by atoms with Crippen LogP contribution >= 0.6 is 0 Å². The summed E-state index contributed by atoms with van der Waals surface area (Å²) in [4.78, 5) is 3.78. The van der Waals surface area contributed by atoms with Gasteiger partial charge in [0.15, 0.2) is 5.03 Å². The molecule has 8 heteroatoms. The minimum atomic E-state index is -3.84. The van der Waals surface area contributed by atoms with Crippen LogP contribution in [0.3, 0.4) is 0 Å². The van der Waals surface area contributed by atoms with Gasteiger partial charge in [0, 0.05) is 12.7 Å². The average Bonchev–Trinajstić information content (AvgIpc) is 2.45. The molecular formula is C12H13FN4O2S. The second-order valence-electron chi connectivity index (χ2n) is 3.95. The topological polar surface area (TPSA) is 97.1 Å². The van der Waals surface area contributed by atoms with Crippen molar-refractivity contribution in [3.8, 4) is 0 Å². The molecule has 1 aromatic carbocycles. The molecule has 0 fully saturated rings. The van der Waals surface area contributed by atoms with Crippen LogP contribution in [0, 0.1) is 5.82 Å². The number of rotatable bonds is 5. The van der Waals surface area contributed by atoms with Crippen molar-refractivity contribution in [1.82, 2.24) is 9.71 Å². The maximum Gasteiger partial charge on any atom is 0.260 e. The number of benzene rings is 1. The Kier molecular flexibility index (Phi) is 4.28. The molecule has 106 valence electrons. The van der Waals surface area contributed by atoms with E-state index in [4.69, 9.17) is 5.84 Å². The summed E-state index contributed by atoms with van der Waals surface area (Å²) in [6.07, 6.45) is 1.34. The lowest BCUT2D eigenvalue weighted by atomic mass is 10.2.